The second-order valence-electron chi connectivity index (χ2n) is 4.78. The van der Waals surface area contributed by atoms with Crippen molar-refractivity contribution in [3.8, 4) is 11.5 Å². The van der Waals surface area contributed by atoms with Crippen LogP contribution in [-0.4, -0.2) is 56.1 Å². The van der Waals surface area contributed by atoms with E-state index in [0.717, 1.165) is 61.4 Å². The van der Waals surface area contributed by atoms with E-state index in [1.807, 2.05) is 18.2 Å². The summed E-state index contributed by atoms with van der Waals surface area (Å²) in [5, 5.41) is 3.29. The minimum Gasteiger partial charge on any atom is -0.454 e. The molecule has 6 heteroatoms. The molecule has 0 spiro atoms. The van der Waals surface area contributed by atoms with E-state index in [4.69, 9.17) is 26.4 Å². The third kappa shape index (κ3) is 3.20. The number of morpholine rings is 1. The minimum absolute atomic E-state index is 0.288. The summed E-state index contributed by atoms with van der Waals surface area (Å²) in [7, 11) is 0. The van der Waals surface area contributed by atoms with Crippen molar-refractivity contribution in [2.45, 2.75) is 0 Å². The number of hydrogen-bond acceptors (Lipinski definition) is 5. The molecule has 1 saturated heterocycles. The molecule has 108 valence electrons. The maximum absolute atomic E-state index is 5.41. The van der Waals surface area contributed by atoms with Gasteiger partial charge in [0.1, 0.15) is 4.99 Å². The summed E-state index contributed by atoms with van der Waals surface area (Å²) in [6, 6.07) is 5.78. The predicted octanol–water partition coefficient (Wildman–Crippen LogP) is 1.01. The number of ether oxygens (including phenoxy) is 3. The SMILES string of the molecule is S=C(NCCN1CCOCC1)c1ccc2c(c1)OCO2. The number of thiocarbonyl (C=S) groups is 1. The third-order valence-corrected chi connectivity index (χ3v) is 3.83. The lowest BCUT2D eigenvalue weighted by Gasteiger charge is -2.26. The molecule has 1 aromatic carbocycles. The van der Waals surface area contributed by atoms with Crippen LogP contribution in [0.2, 0.25) is 0 Å². The van der Waals surface area contributed by atoms with Crippen LogP contribution in [-0.2, 0) is 4.74 Å². The van der Waals surface area contributed by atoms with Crippen LogP contribution in [0.1, 0.15) is 5.56 Å². The van der Waals surface area contributed by atoms with Gasteiger partial charge in [-0.25, -0.2) is 0 Å². The number of rotatable bonds is 4. The second kappa shape index (κ2) is 6.39. The fraction of sp³-hybridized carbons (Fsp3) is 0.500. The average molecular weight is 294 g/mol. The van der Waals surface area contributed by atoms with Crippen molar-refractivity contribution in [2.24, 2.45) is 0 Å². The molecular weight excluding hydrogens is 276 g/mol. The summed E-state index contributed by atoms with van der Waals surface area (Å²) in [6.45, 7) is 5.76. The van der Waals surface area contributed by atoms with Crippen LogP contribution in [0.15, 0.2) is 18.2 Å². The lowest BCUT2D eigenvalue weighted by Crippen LogP contribution is -2.41. The van der Waals surface area contributed by atoms with Crippen molar-refractivity contribution in [2.75, 3.05) is 46.2 Å². The van der Waals surface area contributed by atoms with E-state index in [2.05, 4.69) is 10.2 Å². The van der Waals surface area contributed by atoms with Gasteiger partial charge in [0.25, 0.3) is 0 Å². The summed E-state index contributed by atoms with van der Waals surface area (Å²) in [4.78, 5) is 3.12. The molecule has 5 nitrogen and oxygen atoms in total. The number of nitrogens with one attached hydrogen (secondary N) is 1. The van der Waals surface area contributed by atoms with Gasteiger partial charge in [0.05, 0.1) is 13.2 Å². The lowest BCUT2D eigenvalue weighted by atomic mass is 10.2. The van der Waals surface area contributed by atoms with Crippen LogP contribution < -0.4 is 14.8 Å². The molecule has 0 aromatic heterocycles. The zero-order valence-electron chi connectivity index (χ0n) is 11.3. The van der Waals surface area contributed by atoms with E-state index in [-0.39, 0.29) is 6.79 Å². The van der Waals surface area contributed by atoms with Crippen LogP contribution in [0.25, 0.3) is 0 Å². The Hall–Kier alpha value is -1.37. The summed E-state index contributed by atoms with van der Waals surface area (Å²) in [5.41, 5.74) is 0.964. The van der Waals surface area contributed by atoms with Gasteiger partial charge in [0.2, 0.25) is 6.79 Å². The van der Waals surface area contributed by atoms with Crippen LogP contribution in [0.5, 0.6) is 11.5 Å². The Labute approximate surface area is 123 Å². The van der Waals surface area contributed by atoms with Gasteiger partial charge in [0.15, 0.2) is 11.5 Å². The average Bonchev–Trinajstić information content (AvgIpc) is 2.95. The summed E-state index contributed by atoms with van der Waals surface area (Å²) < 4.78 is 16.0. The van der Waals surface area contributed by atoms with Gasteiger partial charge in [-0.05, 0) is 18.2 Å². The molecule has 1 fully saturated rings. The fourth-order valence-corrected chi connectivity index (χ4v) is 2.52. The van der Waals surface area contributed by atoms with E-state index in [0.29, 0.717) is 0 Å². The van der Waals surface area contributed by atoms with Gasteiger partial charge in [-0.3, -0.25) is 4.90 Å². The number of fused-ring (bicyclic) bond motifs is 1. The first-order valence-electron chi connectivity index (χ1n) is 6.81. The number of nitrogens with zero attached hydrogens (tertiary/aromatic N) is 1. The molecule has 0 bridgehead atoms. The lowest BCUT2D eigenvalue weighted by molar-refractivity contribution is 0.0389. The first kappa shape index (κ1) is 13.6. The van der Waals surface area contributed by atoms with Gasteiger partial charge in [-0.1, -0.05) is 12.2 Å². The Morgan fingerprint density at radius 3 is 2.85 bits per heavy atom. The van der Waals surface area contributed by atoms with Gasteiger partial charge in [-0.15, -0.1) is 0 Å². The summed E-state index contributed by atoms with van der Waals surface area (Å²) in [5.74, 6) is 1.55. The molecule has 0 radical (unpaired) electrons. The summed E-state index contributed by atoms with van der Waals surface area (Å²) >= 11 is 5.41. The molecule has 2 heterocycles. The van der Waals surface area contributed by atoms with Crippen LogP contribution in [0.3, 0.4) is 0 Å². The van der Waals surface area contributed by atoms with Gasteiger partial charge in [-0.2, -0.15) is 0 Å². The minimum atomic E-state index is 0.288. The molecule has 2 aliphatic rings. The first-order valence-corrected chi connectivity index (χ1v) is 7.22. The predicted molar refractivity (Wildman–Crippen MR) is 79.5 cm³/mol. The highest BCUT2D eigenvalue weighted by Crippen LogP contribution is 2.32. The monoisotopic (exact) mass is 294 g/mol. The van der Waals surface area contributed by atoms with Crippen LogP contribution >= 0.6 is 12.2 Å². The van der Waals surface area contributed by atoms with Gasteiger partial charge < -0.3 is 19.5 Å². The van der Waals surface area contributed by atoms with E-state index >= 15 is 0 Å². The fourth-order valence-electron chi connectivity index (χ4n) is 2.29. The zero-order chi connectivity index (χ0) is 13.8. The molecule has 0 unspecified atom stereocenters. The van der Waals surface area contributed by atoms with Crippen molar-refractivity contribution in [1.82, 2.24) is 10.2 Å². The maximum Gasteiger partial charge on any atom is 0.231 e. The van der Waals surface area contributed by atoms with Crippen molar-refractivity contribution < 1.29 is 14.2 Å². The Bertz CT molecular complexity index is 489. The third-order valence-electron chi connectivity index (χ3n) is 3.45. The smallest absolute Gasteiger partial charge is 0.231 e. The molecule has 0 saturated carbocycles. The first-order chi connectivity index (χ1) is 9.83. The largest absolute Gasteiger partial charge is 0.454 e. The molecule has 2 aliphatic heterocycles. The Morgan fingerprint density at radius 1 is 1.20 bits per heavy atom. The quantitative estimate of drug-likeness (QED) is 0.836. The van der Waals surface area contributed by atoms with Crippen molar-refractivity contribution in [3.63, 3.8) is 0 Å². The molecular formula is C14H18N2O3S. The Kier molecular flexibility index (Phi) is 4.34. The molecule has 0 amide bonds. The number of benzene rings is 1. The van der Waals surface area contributed by atoms with Gasteiger partial charge >= 0.3 is 0 Å². The molecule has 0 atom stereocenters. The molecule has 0 aliphatic carbocycles. The Morgan fingerprint density at radius 2 is 2.00 bits per heavy atom. The number of hydrogen-bond donors (Lipinski definition) is 1. The Balaban J connectivity index is 1.49. The summed E-state index contributed by atoms with van der Waals surface area (Å²) in [6.07, 6.45) is 0. The second-order valence-corrected chi connectivity index (χ2v) is 5.19. The van der Waals surface area contributed by atoms with Crippen molar-refractivity contribution in [3.05, 3.63) is 23.8 Å². The molecule has 1 aromatic rings. The highest BCUT2D eigenvalue weighted by Gasteiger charge is 2.15. The van der Waals surface area contributed by atoms with Crippen molar-refractivity contribution in [1.29, 1.82) is 0 Å². The van der Waals surface area contributed by atoms with Crippen molar-refractivity contribution >= 4 is 17.2 Å². The normalized spacial score (nSPS) is 18.0. The van der Waals surface area contributed by atoms with Gasteiger partial charge in [0, 0.05) is 31.7 Å². The highest BCUT2D eigenvalue weighted by molar-refractivity contribution is 7.80. The maximum atomic E-state index is 5.41. The topological polar surface area (TPSA) is 43.0 Å². The molecule has 20 heavy (non-hydrogen) atoms. The van der Waals surface area contributed by atoms with E-state index in [1.165, 1.54) is 0 Å². The van der Waals surface area contributed by atoms with Crippen LogP contribution in [0.4, 0.5) is 0 Å². The van der Waals surface area contributed by atoms with E-state index in [1.54, 1.807) is 0 Å². The zero-order valence-corrected chi connectivity index (χ0v) is 12.1. The highest BCUT2D eigenvalue weighted by atomic mass is 32.1. The molecule has 3 rings (SSSR count). The van der Waals surface area contributed by atoms with E-state index in [9.17, 15) is 0 Å². The standard InChI is InChI=1S/C14H18N2O3S/c20-14(15-3-4-16-5-7-17-8-6-16)11-1-2-12-13(9-11)19-10-18-12/h1-2,9H,3-8,10H2,(H,15,20). The van der Waals surface area contributed by atoms with Crippen LogP contribution in [0, 0.1) is 0 Å². The van der Waals surface area contributed by atoms with E-state index < -0.39 is 0 Å². The molecule has 1 N–H and O–H groups in total.